The highest BCUT2D eigenvalue weighted by Crippen LogP contribution is 2.44. The van der Waals surface area contributed by atoms with Gasteiger partial charge in [0.1, 0.15) is 6.33 Å². The molecule has 0 spiro atoms. The summed E-state index contributed by atoms with van der Waals surface area (Å²) in [4.78, 5) is 11.0. The molecule has 0 aliphatic rings. The lowest BCUT2D eigenvalue weighted by molar-refractivity contribution is 0.411. The standard InChI is InChI=1S/C35H35N3S/c1-34(2,3)17-20-8-10-23-21(14-20)15-26-31-30-28(36-19-37-31)12-11-24-25-16-22(39-7)9-13-29(25)38(33(24)30)32(26)27(23)18-35(4,5)6/h8-16,19H,17-18H2,1-7H3. The number of benzene rings is 4. The van der Waals surface area contributed by atoms with E-state index in [1.54, 1.807) is 18.1 Å². The van der Waals surface area contributed by atoms with E-state index < -0.39 is 0 Å². The summed E-state index contributed by atoms with van der Waals surface area (Å²) >= 11 is 1.80. The Balaban J connectivity index is 1.75. The zero-order valence-corrected chi connectivity index (χ0v) is 24.8. The van der Waals surface area contributed by atoms with Crippen LogP contribution in [0.15, 0.2) is 65.8 Å². The normalized spacial score (nSPS) is 13.3. The largest absolute Gasteiger partial charge is 0.307 e. The fraction of sp³-hybridized carbons (Fsp3) is 0.314. The van der Waals surface area contributed by atoms with Gasteiger partial charge in [-0.1, -0.05) is 59.7 Å². The number of rotatable bonds is 3. The van der Waals surface area contributed by atoms with Gasteiger partial charge in [-0.25, -0.2) is 9.97 Å². The first-order valence-electron chi connectivity index (χ1n) is 13.9. The Bertz CT molecular complexity index is 2070. The first-order chi connectivity index (χ1) is 18.5. The third kappa shape index (κ3) is 3.87. The van der Waals surface area contributed by atoms with E-state index in [0.29, 0.717) is 0 Å². The number of hydrogen-bond acceptors (Lipinski definition) is 3. The molecule has 0 saturated heterocycles. The maximum Gasteiger partial charge on any atom is 0.116 e. The van der Waals surface area contributed by atoms with Crippen molar-refractivity contribution in [1.29, 1.82) is 0 Å². The number of thioether (sulfide) groups is 1. The quantitative estimate of drug-likeness (QED) is 0.130. The van der Waals surface area contributed by atoms with E-state index >= 15 is 0 Å². The Morgan fingerprint density at radius 1 is 0.718 bits per heavy atom. The zero-order chi connectivity index (χ0) is 27.3. The van der Waals surface area contributed by atoms with Crippen LogP contribution >= 0.6 is 11.8 Å². The second-order valence-corrected chi connectivity index (χ2v) is 14.5. The molecule has 7 rings (SSSR count). The number of aromatic nitrogens is 3. The van der Waals surface area contributed by atoms with Crippen LogP contribution in [-0.4, -0.2) is 20.6 Å². The van der Waals surface area contributed by atoms with E-state index in [0.717, 1.165) is 29.3 Å². The Labute approximate surface area is 234 Å². The molecule has 4 heteroatoms. The lowest BCUT2D eigenvalue weighted by Gasteiger charge is -2.24. The average Bonchev–Trinajstić information content (AvgIpc) is 3.20. The molecule has 196 valence electrons. The Morgan fingerprint density at radius 3 is 2.23 bits per heavy atom. The summed E-state index contributed by atoms with van der Waals surface area (Å²) in [5.41, 5.74) is 9.00. The average molecular weight is 530 g/mol. The summed E-state index contributed by atoms with van der Waals surface area (Å²) in [6, 6.07) is 20.9. The van der Waals surface area contributed by atoms with Crippen molar-refractivity contribution in [1.82, 2.24) is 14.4 Å². The van der Waals surface area contributed by atoms with Crippen LogP contribution in [0.3, 0.4) is 0 Å². The Morgan fingerprint density at radius 2 is 1.49 bits per heavy atom. The summed E-state index contributed by atoms with van der Waals surface area (Å²) in [5, 5.41) is 7.60. The minimum atomic E-state index is 0.123. The van der Waals surface area contributed by atoms with Crippen molar-refractivity contribution in [2.45, 2.75) is 59.3 Å². The van der Waals surface area contributed by atoms with Crippen LogP contribution in [0.5, 0.6) is 0 Å². The molecule has 3 nitrogen and oxygen atoms in total. The molecule has 0 aliphatic carbocycles. The third-order valence-electron chi connectivity index (χ3n) is 7.94. The zero-order valence-electron chi connectivity index (χ0n) is 23.9. The topological polar surface area (TPSA) is 30.2 Å². The molecular formula is C35H35N3S. The van der Waals surface area contributed by atoms with Crippen molar-refractivity contribution in [3.8, 4) is 0 Å². The van der Waals surface area contributed by atoms with E-state index in [4.69, 9.17) is 9.97 Å². The van der Waals surface area contributed by atoms with Gasteiger partial charge in [-0.3, -0.25) is 0 Å². The monoisotopic (exact) mass is 529 g/mol. The molecule has 0 fully saturated rings. The van der Waals surface area contributed by atoms with Gasteiger partial charge in [0.2, 0.25) is 0 Å². The predicted octanol–water partition coefficient (Wildman–Crippen LogP) is 9.83. The predicted molar refractivity (Wildman–Crippen MR) is 170 cm³/mol. The molecule has 0 atom stereocenters. The molecule has 3 heterocycles. The summed E-state index contributed by atoms with van der Waals surface area (Å²) in [6.07, 6.45) is 5.92. The SMILES string of the molecule is CSc1ccc2c(c1)c1ccc3ncnc4c5cc6cc(CC(C)(C)C)ccc6c(CC(C)(C)C)c5n2c1c34. The maximum atomic E-state index is 4.96. The molecule has 0 saturated carbocycles. The number of nitrogens with zero attached hydrogens (tertiary/aromatic N) is 3. The number of pyridine rings is 1. The molecule has 4 aromatic carbocycles. The van der Waals surface area contributed by atoms with E-state index in [-0.39, 0.29) is 10.8 Å². The van der Waals surface area contributed by atoms with E-state index in [2.05, 4.69) is 107 Å². The van der Waals surface area contributed by atoms with Gasteiger partial charge < -0.3 is 4.40 Å². The van der Waals surface area contributed by atoms with Gasteiger partial charge in [-0.05, 0) is 88.2 Å². The molecule has 0 unspecified atom stereocenters. The van der Waals surface area contributed by atoms with Crippen molar-refractivity contribution >= 4 is 71.7 Å². The lowest BCUT2D eigenvalue weighted by atomic mass is 9.83. The first-order valence-corrected chi connectivity index (χ1v) is 15.1. The number of hydrogen-bond donors (Lipinski definition) is 0. The molecule has 0 aliphatic heterocycles. The minimum Gasteiger partial charge on any atom is -0.307 e. The van der Waals surface area contributed by atoms with Crippen LogP contribution in [0.25, 0.3) is 59.9 Å². The van der Waals surface area contributed by atoms with Crippen molar-refractivity contribution < 1.29 is 0 Å². The van der Waals surface area contributed by atoms with Gasteiger partial charge in [-0.2, -0.15) is 0 Å². The van der Waals surface area contributed by atoms with Crippen LogP contribution < -0.4 is 0 Å². The molecular weight excluding hydrogens is 494 g/mol. The second-order valence-electron chi connectivity index (χ2n) is 13.6. The highest BCUT2D eigenvalue weighted by Gasteiger charge is 2.25. The summed E-state index contributed by atoms with van der Waals surface area (Å²) in [6.45, 7) is 14.0. The molecule has 7 aromatic rings. The highest BCUT2D eigenvalue weighted by molar-refractivity contribution is 7.98. The fourth-order valence-corrected chi connectivity index (χ4v) is 7.02. The number of fused-ring (bicyclic) bond motifs is 7. The van der Waals surface area contributed by atoms with Gasteiger partial charge in [0.25, 0.3) is 0 Å². The maximum absolute atomic E-state index is 4.96. The van der Waals surface area contributed by atoms with Crippen molar-refractivity contribution in [2.24, 2.45) is 10.8 Å². The molecule has 0 amide bonds. The minimum absolute atomic E-state index is 0.123. The molecule has 0 bridgehead atoms. The first kappa shape index (κ1) is 24.7. The van der Waals surface area contributed by atoms with Crippen molar-refractivity contribution in [3.63, 3.8) is 0 Å². The van der Waals surface area contributed by atoms with Gasteiger partial charge in [-0.15, -0.1) is 11.8 Å². The van der Waals surface area contributed by atoms with Crippen molar-refractivity contribution in [3.05, 3.63) is 72.1 Å². The highest BCUT2D eigenvalue weighted by atomic mass is 32.2. The van der Waals surface area contributed by atoms with Crippen molar-refractivity contribution in [2.75, 3.05) is 6.26 Å². The van der Waals surface area contributed by atoms with E-state index in [9.17, 15) is 0 Å². The van der Waals surface area contributed by atoms with Gasteiger partial charge in [0, 0.05) is 21.1 Å². The van der Waals surface area contributed by atoms with E-state index in [1.165, 1.54) is 59.5 Å². The van der Waals surface area contributed by atoms with Gasteiger partial charge >= 0.3 is 0 Å². The third-order valence-corrected chi connectivity index (χ3v) is 8.66. The van der Waals surface area contributed by atoms with Crippen LogP contribution in [0.2, 0.25) is 0 Å². The lowest BCUT2D eigenvalue weighted by Crippen LogP contribution is -2.12. The fourth-order valence-electron chi connectivity index (χ4n) is 6.58. The Hall–Kier alpha value is -3.37. The molecule has 39 heavy (non-hydrogen) atoms. The summed E-state index contributed by atoms with van der Waals surface area (Å²) in [7, 11) is 0. The summed E-state index contributed by atoms with van der Waals surface area (Å²) < 4.78 is 2.53. The van der Waals surface area contributed by atoms with E-state index in [1.807, 2.05) is 0 Å². The Kier molecular flexibility index (Phi) is 5.26. The van der Waals surface area contributed by atoms with Gasteiger partial charge in [0.15, 0.2) is 0 Å². The van der Waals surface area contributed by atoms with Gasteiger partial charge in [0.05, 0.1) is 33.0 Å². The van der Waals surface area contributed by atoms with Crippen LogP contribution in [0.4, 0.5) is 0 Å². The molecule has 0 N–H and O–H groups in total. The molecule has 3 aromatic heterocycles. The smallest absolute Gasteiger partial charge is 0.116 e. The summed E-state index contributed by atoms with van der Waals surface area (Å²) in [5.74, 6) is 0. The second kappa shape index (κ2) is 8.32. The van der Waals surface area contributed by atoms with Crippen LogP contribution in [0, 0.1) is 10.8 Å². The van der Waals surface area contributed by atoms with Crippen LogP contribution in [-0.2, 0) is 12.8 Å². The molecule has 0 radical (unpaired) electrons. The van der Waals surface area contributed by atoms with Crippen LogP contribution in [0.1, 0.15) is 52.7 Å².